The molecule has 1 heterocycles. The van der Waals surface area contributed by atoms with Crippen LogP contribution in [-0.4, -0.2) is 40.7 Å². The van der Waals surface area contributed by atoms with Crippen LogP contribution in [0.25, 0.3) is 0 Å². The Bertz CT molecular complexity index is 482. The Morgan fingerprint density at radius 3 is 2.40 bits per heavy atom. The average Bonchev–Trinajstić information content (AvgIpc) is 2.40. The lowest BCUT2D eigenvalue weighted by Gasteiger charge is -2.35. The number of hydrogen-bond acceptors (Lipinski definition) is 5. The molecule has 0 aliphatic carbocycles. The van der Waals surface area contributed by atoms with Crippen molar-refractivity contribution in [3.05, 3.63) is 23.9 Å². The topological polar surface area (TPSA) is 79.7 Å². The highest BCUT2D eigenvalue weighted by atomic mass is 16.5. The van der Waals surface area contributed by atoms with Gasteiger partial charge in [0.15, 0.2) is 0 Å². The van der Waals surface area contributed by atoms with Gasteiger partial charge in [0, 0.05) is 12.7 Å². The third-order valence-electron chi connectivity index (χ3n) is 3.05. The maximum absolute atomic E-state index is 11.5. The summed E-state index contributed by atoms with van der Waals surface area (Å²) in [5.41, 5.74) is -0.729. The minimum Gasteiger partial charge on any atom is -0.480 e. The molecule has 1 N–H and O–H groups in total. The summed E-state index contributed by atoms with van der Waals surface area (Å²) < 4.78 is 4.87. The van der Waals surface area contributed by atoms with E-state index in [0.717, 1.165) is 0 Å². The first-order valence-corrected chi connectivity index (χ1v) is 6.48. The average molecular weight is 280 g/mol. The van der Waals surface area contributed by atoms with E-state index >= 15 is 0 Å². The summed E-state index contributed by atoms with van der Waals surface area (Å²) in [6.07, 6.45) is 1.40. The third-order valence-corrected chi connectivity index (χ3v) is 3.05. The van der Waals surface area contributed by atoms with Crippen molar-refractivity contribution >= 4 is 17.8 Å². The van der Waals surface area contributed by atoms with Crippen LogP contribution in [0, 0.1) is 0 Å². The first-order valence-electron chi connectivity index (χ1n) is 6.48. The van der Waals surface area contributed by atoms with E-state index in [1.807, 2.05) is 6.92 Å². The molecule has 0 aliphatic heterocycles. The van der Waals surface area contributed by atoms with Crippen molar-refractivity contribution in [3.8, 4) is 0 Å². The Labute approximate surface area is 118 Å². The number of ether oxygens (including phenoxy) is 1. The summed E-state index contributed by atoms with van der Waals surface area (Å²) in [4.78, 5) is 28.7. The van der Waals surface area contributed by atoms with Crippen LogP contribution in [0.3, 0.4) is 0 Å². The van der Waals surface area contributed by atoms with Gasteiger partial charge in [0.05, 0.1) is 12.2 Å². The number of esters is 1. The standard InChI is InChI=1S/C14H20N2O4/c1-5-16(14(3,4)13(18)19)11-8-7-10(9-15-11)12(17)20-6-2/h7-9H,5-6H2,1-4H3,(H,18,19). The predicted octanol–water partition coefficient (Wildman–Crippen LogP) is 1.95. The molecule has 6 nitrogen and oxygen atoms in total. The fourth-order valence-corrected chi connectivity index (χ4v) is 1.84. The van der Waals surface area contributed by atoms with Gasteiger partial charge in [-0.05, 0) is 39.8 Å². The number of hydrogen-bond donors (Lipinski definition) is 1. The molecule has 1 aromatic rings. The quantitative estimate of drug-likeness (QED) is 0.802. The van der Waals surface area contributed by atoms with Gasteiger partial charge >= 0.3 is 11.9 Å². The zero-order chi connectivity index (χ0) is 15.3. The van der Waals surface area contributed by atoms with Crippen molar-refractivity contribution in [1.29, 1.82) is 0 Å². The molecule has 1 aromatic heterocycles. The van der Waals surface area contributed by atoms with Gasteiger partial charge in [-0.25, -0.2) is 14.6 Å². The van der Waals surface area contributed by atoms with Crippen LogP contribution in [0.5, 0.6) is 0 Å². The number of aromatic nitrogens is 1. The summed E-state index contributed by atoms with van der Waals surface area (Å²) in [6.45, 7) is 7.60. The smallest absolute Gasteiger partial charge is 0.339 e. The monoisotopic (exact) mass is 280 g/mol. The lowest BCUT2D eigenvalue weighted by molar-refractivity contribution is -0.142. The molecule has 0 spiro atoms. The van der Waals surface area contributed by atoms with Gasteiger partial charge in [-0.15, -0.1) is 0 Å². The summed E-state index contributed by atoms with van der Waals surface area (Å²) >= 11 is 0. The molecule has 0 radical (unpaired) electrons. The zero-order valence-electron chi connectivity index (χ0n) is 12.2. The van der Waals surface area contributed by atoms with E-state index in [9.17, 15) is 14.7 Å². The fourth-order valence-electron chi connectivity index (χ4n) is 1.84. The Balaban J connectivity index is 3.02. The first-order chi connectivity index (χ1) is 9.34. The summed E-state index contributed by atoms with van der Waals surface area (Å²) in [5, 5.41) is 9.27. The number of likely N-dealkylation sites (N-methyl/N-ethyl adjacent to an activating group) is 1. The number of rotatable bonds is 6. The summed E-state index contributed by atoms with van der Waals surface area (Å²) in [5.74, 6) is -0.865. The molecule has 1 rings (SSSR count). The molecule has 0 bridgehead atoms. The number of carboxylic acid groups (broad SMARTS) is 1. The second-order valence-corrected chi connectivity index (χ2v) is 4.73. The van der Waals surface area contributed by atoms with E-state index in [-0.39, 0.29) is 0 Å². The third kappa shape index (κ3) is 3.26. The van der Waals surface area contributed by atoms with Crippen LogP contribution in [0.2, 0.25) is 0 Å². The zero-order valence-corrected chi connectivity index (χ0v) is 12.2. The minimum atomic E-state index is -1.08. The van der Waals surface area contributed by atoms with E-state index in [2.05, 4.69) is 4.98 Å². The summed E-state index contributed by atoms with van der Waals surface area (Å²) in [7, 11) is 0. The molecule has 20 heavy (non-hydrogen) atoms. The number of aliphatic carboxylic acids is 1. The van der Waals surface area contributed by atoms with Gasteiger partial charge in [0.2, 0.25) is 0 Å². The van der Waals surface area contributed by atoms with Crippen LogP contribution in [0.4, 0.5) is 5.82 Å². The van der Waals surface area contributed by atoms with Crippen molar-refractivity contribution in [3.63, 3.8) is 0 Å². The Morgan fingerprint density at radius 2 is 2.00 bits per heavy atom. The number of anilines is 1. The van der Waals surface area contributed by atoms with Crippen molar-refractivity contribution in [1.82, 2.24) is 4.98 Å². The van der Waals surface area contributed by atoms with Gasteiger partial charge in [0.25, 0.3) is 0 Å². The van der Waals surface area contributed by atoms with E-state index < -0.39 is 17.5 Å². The molecule has 0 saturated heterocycles. The number of carbonyl (C=O) groups is 2. The molecule has 0 unspecified atom stereocenters. The van der Waals surface area contributed by atoms with E-state index in [1.165, 1.54) is 6.20 Å². The molecule has 0 fully saturated rings. The highest BCUT2D eigenvalue weighted by molar-refractivity contribution is 5.89. The lowest BCUT2D eigenvalue weighted by atomic mass is 10.0. The SMILES string of the molecule is CCOC(=O)c1ccc(N(CC)C(C)(C)C(=O)O)nc1. The minimum absolute atomic E-state index is 0.299. The van der Waals surface area contributed by atoms with Crippen LogP contribution in [0.1, 0.15) is 38.1 Å². The van der Waals surface area contributed by atoms with Gasteiger partial charge in [-0.2, -0.15) is 0 Å². The van der Waals surface area contributed by atoms with Crippen molar-refractivity contribution in [2.24, 2.45) is 0 Å². The Kier molecular flexibility index (Phi) is 5.07. The second-order valence-electron chi connectivity index (χ2n) is 4.73. The molecule has 0 saturated carbocycles. The Hall–Kier alpha value is -2.11. The van der Waals surface area contributed by atoms with Crippen LogP contribution < -0.4 is 4.90 Å². The van der Waals surface area contributed by atoms with E-state index in [1.54, 1.807) is 37.8 Å². The van der Waals surface area contributed by atoms with E-state index in [0.29, 0.717) is 24.5 Å². The first kappa shape index (κ1) is 15.9. The molecular formula is C14H20N2O4. The van der Waals surface area contributed by atoms with Gasteiger partial charge < -0.3 is 14.7 Å². The van der Waals surface area contributed by atoms with Gasteiger partial charge in [0.1, 0.15) is 11.4 Å². The normalized spacial score (nSPS) is 11.0. The van der Waals surface area contributed by atoms with Crippen LogP contribution >= 0.6 is 0 Å². The van der Waals surface area contributed by atoms with Crippen LogP contribution in [-0.2, 0) is 9.53 Å². The van der Waals surface area contributed by atoms with E-state index in [4.69, 9.17) is 4.74 Å². The number of carboxylic acids is 1. The molecular weight excluding hydrogens is 260 g/mol. The molecule has 0 amide bonds. The lowest BCUT2D eigenvalue weighted by Crippen LogP contribution is -2.50. The maximum Gasteiger partial charge on any atom is 0.339 e. The highest BCUT2D eigenvalue weighted by Gasteiger charge is 2.34. The molecule has 0 aromatic carbocycles. The molecule has 110 valence electrons. The highest BCUT2D eigenvalue weighted by Crippen LogP contribution is 2.22. The second kappa shape index (κ2) is 6.36. The van der Waals surface area contributed by atoms with Crippen LogP contribution in [0.15, 0.2) is 18.3 Å². The maximum atomic E-state index is 11.5. The van der Waals surface area contributed by atoms with Crippen molar-refractivity contribution in [2.45, 2.75) is 33.2 Å². The predicted molar refractivity (Wildman–Crippen MR) is 74.9 cm³/mol. The molecule has 0 aliphatic rings. The largest absolute Gasteiger partial charge is 0.480 e. The van der Waals surface area contributed by atoms with Crippen molar-refractivity contribution in [2.75, 3.05) is 18.1 Å². The fraction of sp³-hybridized carbons (Fsp3) is 0.500. The van der Waals surface area contributed by atoms with Gasteiger partial charge in [-0.1, -0.05) is 0 Å². The number of pyridine rings is 1. The van der Waals surface area contributed by atoms with Crippen molar-refractivity contribution < 1.29 is 19.4 Å². The van der Waals surface area contributed by atoms with Gasteiger partial charge in [-0.3, -0.25) is 0 Å². The molecule has 6 heteroatoms. The number of carbonyl (C=O) groups excluding carboxylic acids is 1. The summed E-state index contributed by atoms with van der Waals surface area (Å²) in [6, 6.07) is 3.21. The number of nitrogens with zero attached hydrogens (tertiary/aromatic N) is 2. The molecule has 0 atom stereocenters. The Morgan fingerprint density at radius 1 is 1.35 bits per heavy atom.